The van der Waals surface area contributed by atoms with Crippen molar-refractivity contribution in [1.29, 1.82) is 0 Å². The van der Waals surface area contributed by atoms with E-state index in [2.05, 4.69) is 6.58 Å². The zero-order chi connectivity index (χ0) is 13.9. The Bertz CT molecular complexity index is 539. The third-order valence-corrected chi connectivity index (χ3v) is 4.07. The van der Waals surface area contributed by atoms with E-state index < -0.39 is 9.05 Å². The molecule has 0 aliphatic carbocycles. The van der Waals surface area contributed by atoms with Gasteiger partial charge in [0.2, 0.25) is 0 Å². The number of rotatable bonds is 5. The second kappa shape index (κ2) is 5.76. The maximum Gasteiger partial charge on any atom is 0.261 e. The molecule has 0 aromatic heterocycles. The normalized spacial score (nSPS) is 11.3. The molecule has 0 saturated carbocycles. The first kappa shape index (κ1) is 15.1. The number of aryl methyl sites for hydroxylation is 2. The number of halogens is 1. The Morgan fingerprint density at radius 2 is 1.83 bits per heavy atom. The lowest BCUT2D eigenvalue weighted by atomic mass is 10.1. The van der Waals surface area contributed by atoms with Crippen molar-refractivity contribution in [1.82, 2.24) is 0 Å². The van der Waals surface area contributed by atoms with E-state index in [0.717, 1.165) is 12.0 Å². The topological polar surface area (TPSA) is 43.4 Å². The van der Waals surface area contributed by atoms with Crippen LogP contribution in [0.4, 0.5) is 0 Å². The van der Waals surface area contributed by atoms with Gasteiger partial charge in [0.1, 0.15) is 5.75 Å². The zero-order valence-electron chi connectivity index (χ0n) is 10.8. The van der Waals surface area contributed by atoms with Gasteiger partial charge in [0.05, 0.1) is 11.5 Å². The maximum absolute atomic E-state index is 11.4. The third kappa shape index (κ3) is 4.03. The highest BCUT2D eigenvalue weighted by atomic mass is 35.7. The quantitative estimate of drug-likeness (QED) is 0.614. The molecule has 0 unspecified atom stereocenters. The van der Waals surface area contributed by atoms with Crippen LogP contribution in [-0.2, 0) is 9.05 Å². The molecule has 0 N–H and O–H groups in total. The molecule has 0 amide bonds. The Labute approximate surface area is 113 Å². The van der Waals surface area contributed by atoms with E-state index in [4.69, 9.17) is 15.4 Å². The van der Waals surface area contributed by atoms with E-state index >= 15 is 0 Å². The smallest absolute Gasteiger partial charge is 0.261 e. The van der Waals surface area contributed by atoms with Crippen LogP contribution in [0.5, 0.6) is 5.75 Å². The molecule has 0 saturated heterocycles. The van der Waals surface area contributed by atoms with Crippen molar-refractivity contribution in [3.05, 3.63) is 35.4 Å². The van der Waals surface area contributed by atoms with E-state index in [1.54, 1.807) is 26.0 Å². The second-order valence-electron chi connectivity index (χ2n) is 4.38. The summed E-state index contributed by atoms with van der Waals surface area (Å²) in [5.74, 6) is 0.648. The van der Waals surface area contributed by atoms with Crippen molar-refractivity contribution in [2.24, 2.45) is 0 Å². The molecule has 0 heterocycles. The molecule has 5 heteroatoms. The minimum absolute atomic E-state index is 0.163. The van der Waals surface area contributed by atoms with Crippen LogP contribution < -0.4 is 4.74 Å². The standard InChI is InChI=1S/C13H17ClO3S/c1-9(2)5-6-17-12-7-10(3)13(11(4)8-12)18(14,15)16/h7-8H,1,5-6H2,2-4H3. The fraction of sp³-hybridized carbons (Fsp3) is 0.385. The summed E-state index contributed by atoms with van der Waals surface area (Å²) < 4.78 is 28.4. The Morgan fingerprint density at radius 1 is 1.33 bits per heavy atom. The van der Waals surface area contributed by atoms with Crippen molar-refractivity contribution in [2.45, 2.75) is 32.1 Å². The molecule has 1 aromatic rings. The predicted octanol–water partition coefficient (Wildman–Crippen LogP) is 3.58. The number of ether oxygens (including phenoxy) is 1. The zero-order valence-corrected chi connectivity index (χ0v) is 12.4. The Kier molecular flexibility index (Phi) is 4.82. The Balaban J connectivity index is 2.97. The van der Waals surface area contributed by atoms with Crippen LogP contribution in [0.1, 0.15) is 24.5 Å². The molecular weight excluding hydrogens is 272 g/mol. The summed E-state index contributed by atoms with van der Waals surface area (Å²) in [7, 11) is 1.67. The van der Waals surface area contributed by atoms with Crippen LogP contribution in [-0.4, -0.2) is 15.0 Å². The van der Waals surface area contributed by atoms with Crippen molar-refractivity contribution in [3.63, 3.8) is 0 Å². The van der Waals surface area contributed by atoms with Gasteiger partial charge in [0.25, 0.3) is 9.05 Å². The number of hydrogen-bond donors (Lipinski definition) is 0. The molecule has 0 aliphatic rings. The average Bonchev–Trinajstić information content (AvgIpc) is 2.12. The van der Waals surface area contributed by atoms with Gasteiger partial charge in [-0.1, -0.05) is 5.57 Å². The molecule has 0 fully saturated rings. The Hall–Kier alpha value is -1.00. The number of hydrogen-bond acceptors (Lipinski definition) is 3. The summed E-state index contributed by atoms with van der Waals surface area (Å²) in [5, 5.41) is 0. The number of benzene rings is 1. The van der Waals surface area contributed by atoms with E-state index in [-0.39, 0.29) is 4.90 Å². The summed E-state index contributed by atoms with van der Waals surface area (Å²) >= 11 is 0. The van der Waals surface area contributed by atoms with Gasteiger partial charge in [0, 0.05) is 17.1 Å². The van der Waals surface area contributed by atoms with Crippen LogP contribution in [0.25, 0.3) is 0 Å². The summed E-state index contributed by atoms with van der Waals surface area (Å²) in [6, 6.07) is 3.36. The molecule has 18 heavy (non-hydrogen) atoms. The SMILES string of the molecule is C=C(C)CCOc1cc(C)c(S(=O)(=O)Cl)c(C)c1. The highest BCUT2D eigenvalue weighted by Gasteiger charge is 2.17. The molecule has 1 aromatic carbocycles. The van der Waals surface area contributed by atoms with Gasteiger partial charge in [-0.05, 0) is 44.0 Å². The Morgan fingerprint density at radius 3 is 2.22 bits per heavy atom. The van der Waals surface area contributed by atoms with E-state index in [1.807, 2.05) is 6.92 Å². The first-order valence-electron chi connectivity index (χ1n) is 5.55. The lowest BCUT2D eigenvalue weighted by Gasteiger charge is -2.11. The molecule has 0 bridgehead atoms. The fourth-order valence-electron chi connectivity index (χ4n) is 1.72. The van der Waals surface area contributed by atoms with Gasteiger partial charge in [-0.3, -0.25) is 0 Å². The maximum atomic E-state index is 11.4. The molecule has 0 radical (unpaired) electrons. The molecule has 1 rings (SSSR count). The first-order chi connectivity index (χ1) is 8.21. The van der Waals surface area contributed by atoms with E-state index in [1.165, 1.54) is 0 Å². The molecule has 100 valence electrons. The summed E-state index contributed by atoms with van der Waals surface area (Å²) in [6.07, 6.45) is 0.771. The lowest BCUT2D eigenvalue weighted by molar-refractivity contribution is 0.321. The van der Waals surface area contributed by atoms with Crippen molar-refractivity contribution in [3.8, 4) is 5.75 Å². The molecule has 0 spiro atoms. The van der Waals surface area contributed by atoms with Crippen molar-refractivity contribution in [2.75, 3.05) is 6.61 Å². The van der Waals surface area contributed by atoms with Gasteiger partial charge in [-0.2, -0.15) is 0 Å². The second-order valence-corrected chi connectivity index (χ2v) is 6.88. The average molecular weight is 289 g/mol. The van der Waals surface area contributed by atoms with Gasteiger partial charge in [0.15, 0.2) is 0 Å². The first-order valence-corrected chi connectivity index (χ1v) is 7.86. The monoisotopic (exact) mass is 288 g/mol. The molecule has 3 nitrogen and oxygen atoms in total. The van der Waals surface area contributed by atoms with Crippen molar-refractivity contribution >= 4 is 19.7 Å². The predicted molar refractivity (Wildman–Crippen MR) is 73.9 cm³/mol. The summed E-state index contributed by atoms with van der Waals surface area (Å²) in [5.41, 5.74) is 2.23. The van der Waals surface area contributed by atoms with Gasteiger partial charge in [-0.15, -0.1) is 6.58 Å². The van der Waals surface area contributed by atoms with Gasteiger partial charge >= 0.3 is 0 Å². The van der Waals surface area contributed by atoms with Gasteiger partial charge < -0.3 is 4.74 Å². The van der Waals surface area contributed by atoms with Crippen LogP contribution >= 0.6 is 10.7 Å². The molecule has 0 aliphatic heterocycles. The van der Waals surface area contributed by atoms with Gasteiger partial charge in [-0.25, -0.2) is 8.42 Å². The summed E-state index contributed by atoms with van der Waals surface area (Å²) in [4.78, 5) is 0.163. The van der Waals surface area contributed by atoms with Crippen LogP contribution in [0, 0.1) is 13.8 Å². The van der Waals surface area contributed by atoms with E-state index in [0.29, 0.717) is 23.5 Å². The molecular formula is C13H17ClO3S. The minimum atomic E-state index is -3.71. The highest BCUT2D eigenvalue weighted by Crippen LogP contribution is 2.28. The van der Waals surface area contributed by atoms with Crippen LogP contribution in [0.3, 0.4) is 0 Å². The van der Waals surface area contributed by atoms with E-state index in [9.17, 15) is 8.42 Å². The fourth-order valence-corrected chi connectivity index (χ4v) is 3.34. The molecule has 0 atom stereocenters. The summed E-state index contributed by atoms with van der Waals surface area (Å²) in [6.45, 7) is 9.66. The third-order valence-electron chi connectivity index (χ3n) is 2.48. The lowest BCUT2D eigenvalue weighted by Crippen LogP contribution is -2.02. The largest absolute Gasteiger partial charge is 0.493 e. The van der Waals surface area contributed by atoms with Crippen LogP contribution in [0.2, 0.25) is 0 Å². The van der Waals surface area contributed by atoms with Crippen molar-refractivity contribution < 1.29 is 13.2 Å². The minimum Gasteiger partial charge on any atom is -0.493 e. The highest BCUT2D eigenvalue weighted by molar-refractivity contribution is 8.13. The van der Waals surface area contributed by atoms with Crippen LogP contribution in [0.15, 0.2) is 29.2 Å².